The molecule has 1 N–H and O–H groups in total. The standard InChI is InChI=1S/C14H28N2O/c1-11(2)16-6-7-17-14(10-16)9-15-8-12(3)13-4-5-13/h11-15H,4-10H2,1-3H3. The van der Waals surface area contributed by atoms with Gasteiger partial charge < -0.3 is 10.1 Å². The first-order valence-corrected chi connectivity index (χ1v) is 7.23. The maximum atomic E-state index is 5.81. The largest absolute Gasteiger partial charge is 0.374 e. The highest BCUT2D eigenvalue weighted by Crippen LogP contribution is 2.36. The number of ether oxygens (including phenoxy) is 1. The van der Waals surface area contributed by atoms with E-state index in [-0.39, 0.29) is 0 Å². The van der Waals surface area contributed by atoms with Crippen molar-refractivity contribution >= 4 is 0 Å². The molecule has 0 bridgehead atoms. The molecule has 0 aromatic carbocycles. The van der Waals surface area contributed by atoms with Crippen LogP contribution in [0.5, 0.6) is 0 Å². The molecule has 0 aromatic rings. The summed E-state index contributed by atoms with van der Waals surface area (Å²) in [5.41, 5.74) is 0. The Morgan fingerprint density at radius 3 is 2.71 bits per heavy atom. The van der Waals surface area contributed by atoms with Gasteiger partial charge in [-0.1, -0.05) is 6.92 Å². The zero-order chi connectivity index (χ0) is 12.3. The van der Waals surface area contributed by atoms with Crippen LogP contribution < -0.4 is 5.32 Å². The van der Waals surface area contributed by atoms with Crippen molar-refractivity contribution < 1.29 is 4.74 Å². The quantitative estimate of drug-likeness (QED) is 0.765. The van der Waals surface area contributed by atoms with Gasteiger partial charge in [0, 0.05) is 25.7 Å². The van der Waals surface area contributed by atoms with Gasteiger partial charge in [-0.25, -0.2) is 0 Å². The minimum atomic E-state index is 0.387. The van der Waals surface area contributed by atoms with Crippen molar-refractivity contribution in [3.63, 3.8) is 0 Å². The maximum absolute atomic E-state index is 5.81. The van der Waals surface area contributed by atoms with E-state index in [0.717, 1.165) is 44.6 Å². The Hall–Kier alpha value is -0.120. The van der Waals surface area contributed by atoms with Gasteiger partial charge in [0.25, 0.3) is 0 Å². The number of nitrogens with one attached hydrogen (secondary N) is 1. The molecule has 1 aliphatic heterocycles. The van der Waals surface area contributed by atoms with Gasteiger partial charge in [-0.2, -0.15) is 0 Å². The Kier molecular flexibility index (Phi) is 4.83. The second-order valence-electron chi connectivity index (χ2n) is 6.05. The summed E-state index contributed by atoms with van der Waals surface area (Å²) in [7, 11) is 0. The molecule has 2 atom stereocenters. The zero-order valence-corrected chi connectivity index (χ0v) is 11.6. The summed E-state index contributed by atoms with van der Waals surface area (Å²) in [6.07, 6.45) is 3.28. The highest BCUT2D eigenvalue weighted by atomic mass is 16.5. The summed E-state index contributed by atoms with van der Waals surface area (Å²) >= 11 is 0. The minimum Gasteiger partial charge on any atom is -0.374 e. The Morgan fingerprint density at radius 2 is 2.06 bits per heavy atom. The number of hydrogen-bond donors (Lipinski definition) is 1. The molecule has 2 aliphatic rings. The van der Waals surface area contributed by atoms with Crippen molar-refractivity contribution in [2.24, 2.45) is 11.8 Å². The molecule has 3 heteroatoms. The van der Waals surface area contributed by atoms with Crippen LogP contribution in [0.3, 0.4) is 0 Å². The van der Waals surface area contributed by atoms with Gasteiger partial charge in [-0.05, 0) is 45.1 Å². The van der Waals surface area contributed by atoms with E-state index >= 15 is 0 Å². The third kappa shape index (κ3) is 4.23. The molecular formula is C14H28N2O. The van der Waals surface area contributed by atoms with Crippen LogP contribution in [-0.2, 0) is 4.74 Å². The number of hydrogen-bond acceptors (Lipinski definition) is 3. The van der Waals surface area contributed by atoms with Crippen molar-refractivity contribution in [3.8, 4) is 0 Å². The fraction of sp³-hybridized carbons (Fsp3) is 1.00. The van der Waals surface area contributed by atoms with Gasteiger partial charge in [0.05, 0.1) is 12.7 Å². The molecular weight excluding hydrogens is 212 g/mol. The van der Waals surface area contributed by atoms with Crippen molar-refractivity contribution in [2.75, 3.05) is 32.8 Å². The van der Waals surface area contributed by atoms with Crippen molar-refractivity contribution in [3.05, 3.63) is 0 Å². The predicted octanol–water partition coefficient (Wildman–Crippen LogP) is 1.73. The average Bonchev–Trinajstić information content (AvgIpc) is 3.13. The summed E-state index contributed by atoms with van der Waals surface area (Å²) in [5, 5.41) is 3.58. The van der Waals surface area contributed by atoms with E-state index in [9.17, 15) is 0 Å². The van der Waals surface area contributed by atoms with Crippen molar-refractivity contribution in [1.82, 2.24) is 10.2 Å². The highest BCUT2D eigenvalue weighted by Gasteiger charge is 2.28. The van der Waals surface area contributed by atoms with E-state index in [1.165, 1.54) is 12.8 Å². The lowest BCUT2D eigenvalue weighted by atomic mass is 10.1. The van der Waals surface area contributed by atoms with Crippen molar-refractivity contribution in [2.45, 2.75) is 45.8 Å². The lowest BCUT2D eigenvalue weighted by Crippen LogP contribution is -2.49. The molecule has 0 aromatic heterocycles. The zero-order valence-electron chi connectivity index (χ0n) is 11.6. The van der Waals surface area contributed by atoms with Gasteiger partial charge >= 0.3 is 0 Å². The summed E-state index contributed by atoms with van der Waals surface area (Å²) in [6, 6.07) is 0.645. The van der Waals surface area contributed by atoms with Crippen LogP contribution >= 0.6 is 0 Å². The van der Waals surface area contributed by atoms with Crippen molar-refractivity contribution in [1.29, 1.82) is 0 Å². The van der Waals surface area contributed by atoms with Crippen LogP contribution in [0.25, 0.3) is 0 Å². The van der Waals surface area contributed by atoms with E-state index in [0.29, 0.717) is 12.1 Å². The monoisotopic (exact) mass is 240 g/mol. The van der Waals surface area contributed by atoms with Gasteiger partial charge in [-0.15, -0.1) is 0 Å². The van der Waals surface area contributed by atoms with Crippen LogP contribution in [0.15, 0.2) is 0 Å². The lowest BCUT2D eigenvalue weighted by Gasteiger charge is -2.35. The van der Waals surface area contributed by atoms with Gasteiger partial charge in [0.1, 0.15) is 0 Å². The molecule has 2 fully saturated rings. The van der Waals surface area contributed by atoms with Crippen LogP contribution in [0.2, 0.25) is 0 Å². The van der Waals surface area contributed by atoms with Crippen LogP contribution in [0.1, 0.15) is 33.6 Å². The van der Waals surface area contributed by atoms with Gasteiger partial charge in [-0.3, -0.25) is 4.90 Å². The SMILES string of the molecule is CC(CNCC1CN(C(C)C)CCO1)C1CC1. The van der Waals surface area contributed by atoms with Gasteiger partial charge in [0.15, 0.2) is 0 Å². The topological polar surface area (TPSA) is 24.5 Å². The van der Waals surface area contributed by atoms with E-state index in [1.807, 2.05) is 0 Å². The van der Waals surface area contributed by atoms with Crippen LogP contribution in [0.4, 0.5) is 0 Å². The molecule has 100 valence electrons. The maximum Gasteiger partial charge on any atom is 0.0826 e. The summed E-state index contributed by atoms with van der Waals surface area (Å²) in [5.74, 6) is 1.85. The first-order chi connectivity index (χ1) is 8.16. The summed E-state index contributed by atoms with van der Waals surface area (Å²) in [4.78, 5) is 2.51. The first-order valence-electron chi connectivity index (χ1n) is 7.23. The van der Waals surface area contributed by atoms with Crippen LogP contribution in [-0.4, -0.2) is 49.8 Å². The third-order valence-corrected chi connectivity index (χ3v) is 4.17. The molecule has 3 nitrogen and oxygen atoms in total. The number of nitrogens with zero attached hydrogens (tertiary/aromatic N) is 1. The average molecular weight is 240 g/mol. The molecule has 1 saturated heterocycles. The fourth-order valence-corrected chi connectivity index (χ4v) is 2.64. The Morgan fingerprint density at radius 1 is 1.29 bits per heavy atom. The molecule has 1 aliphatic carbocycles. The molecule has 2 unspecified atom stereocenters. The normalized spacial score (nSPS) is 28.6. The molecule has 0 radical (unpaired) electrons. The van der Waals surface area contributed by atoms with E-state index in [1.54, 1.807) is 0 Å². The Labute approximate surface area is 106 Å². The first kappa shape index (κ1) is 13.3. The smallest absolute Gasteiger partial charge is 0.0826 e. The second kappa shape index (κ2) is 6.17. The second-order valence-corrected chi connectivity index (χ2v) is 6.05. The molecule has 0 spiro atoms. The lowest BCUT2D eigenvalue weighted by molar-refractivity contribution is -0.0373. The third-order valence-electron chi connectivity index (χ3n) is 4.17. The highest BCUT2D eigenvalue weighted by molar-refractivity contribution is 4.81. The van der Waals surface area contributed by atoms with E-state index < -0.39 is 0 Å². The molecule has 17 heavy (non-hydrogen) atoms. The number of rotatable bonds is 6. The fourth-order valence-electron chi connectivity index (χ4n) is 2.64. The molecule has 1 saturated carbocycles. The van der Waals surface area contributed by atoms with Gasteiger partial charge in [0.2, 0.25) is 0 Å². The van der Waals surface area contributed by atoms with E-state index in [4.69, 9.17) is 4.74 Å². The Bertz CT molecular complexity index is 228. The van der Waals surface area contributed by atoms with Crippen LogP contribution in [0, 0.1) is 11.8 Å². The molecule has 2 rings (SSSR count). The summed E-state index contributed by atoms with van der Waals surface area (Å²) < 4.78 is 5.81. The number of morpholine rings is 1. The summed E-state index contributed by atoms with van der Waals surface area (Å²) in [6.45, 7) is 12.1. The van der Waals surface area contributed by atoms with E-state index in [2.05, 4.69) is 31.0 Å². The predicted molar refractivity (Wildman–Crippen MR) is 71.2 cm³/mol. The molecule has 0 amide bonds. The minimum absolute atomic E-state index is 0.387. The molecule has 1 heterocycles. The Balaban J connectivity index is 1.61.